The van der Waals surface area contributed by atoms with Crippen LogP contribution in [0.4, 0.5) is 11.5 Å². The van der Waals surface area contributed by atoms with E-state index in [2.05, 4.69) is 20.4 Å². The molecule has 0 aliphatic carbocycles. The fourth-order valence-electron chi connectivity index (χ4n) is 2.86. The fraction of sp³-hybridized carbons (Fsp3) is 0.150. The summed E-state index contributed by atoms with van der Waals surface area (Å²) in [7, 11) is -2.97. The van der Waals surface area contributed by atoms with Gasteiger partial charge in [0.05, 0.1) is 11.4 Å². The monoisotopic (exact) mass is 393 g/mol. The van der Waals surface area contributed by atoms with Gasteiger partial charge in [0, 0.05) is 23.6 Å². The summed E-state index contributed by atoms with van der Waals surface area (Å²) in [5.41, 5.74) is 3.63. The smallest absolute Gasteiger partial charge is 0.254 e. The maximum atomic E-state index is 11.3. The van der Waals surface area contributed by atoms with E-state index in [9.17, 15) is 8.42 Å². The lowest BCUT2D eigenvalue weighted by Gasteiger charge is -2.11. The summed E-state index contributed by atoms with van der Waals surface area (Å²) in [6.45, 7) is 0. The van der Waals surface area contributed by atoms with E-state index in [0.717, 1.165) is 28.3 Å². The van der Waals surface area contributed by atoms with E-state index >= 15 is 0 Å². The maximum Gasteiger partial charge on any atom is 0.254 e. The molecule has 142 valence electrons. The summed E-state index contributed by atoms with van der Waals surface area (Å²) in [6, 6.07) is 19.5. The molecule has 0 atom stereocenters. The van der Waals surface area contributed by atoms with Crippen molar-refractivity contribution in [3.05, 3.63) is 72.6 Å². The highest BCUT2D eigenvalue weighted by atomic mass is 32.2. The van der Waals surface area contributed by atoms with E-state index in [-0.39, 0.29) is 5.75 Å². The van der Waals surface area contributed by atoms with Crippen molar-refractivity contribution in [2.75, 3.05) is 17.3 Å². The molecule has 28 heavy (non-hydrogen) atoms. The number of aromatic nitrogens is 4. The molecule has 4 aromatic rings. The first kappa shape index (κ1) is 18.1. The predicted molar refractivity (Wildman–Crippen MR) is 109 cm³/mol. The molecule has 2 heterocycles. The zero-order valence-corrected chi connectivity index (χ0v) is 16.1. The highest BCUT2D eigenvalue weighted by Gasteiger charge is 2.10. The molecule has 0 aliphatic heterocycles. The lowest BCUT2D eigenvalue weighted by molar-refractivity contribution is 0.601. The first-order valence-electron chi connectivity index (χ1n) is 8.78. The Kier molecular flexibility index (Phi) is 4.79. The number of anilines is 2. The van der Waals surface area contributed by atoms with Gasteiger partial charge in [0.1, 0.15) is 22.0 Å². The third kappa shape index (κ3) is 4.17. The van der Waals surface area contributed by atoms with Crippen molar-refractivity contribution >= 4 is 27.1 Å². The summed E-state index contributed by atoms with van der Waals surface area (Å²) >= 11 is 0. The van der Waals surface area contributed by atoms with Crippen molar-refractivity contribution in [3.63, 3.8) is 0 Å². The lowest BCUT2D eigenvalue weighted by Crippen LogP contribution is -2.06. The van der Waals surface area contributed by atoms with E-state index in [1.165, 1.54) is 12.6 Å². The van der Waals surface area contributed by atoms with Gasteiger partial charge in [0.15, 0.2) is 0 Å². The molecule has 1 N–H and O–H groups in total. The summed E-state index contributed by atoms with van der Waals surface area (Å²) in [5, 5.41) is 7.58. The molecule has 0 amide bonds. The second kappa shape index (κ2) is 7.40. The largest absolute Gasteiger partial charge is 0.340 e. The molecule has 0 fully saturated rings. The second-order valence-electron chi connectivity index (χ2n) is 6.57. The van der Waals surface area contributed by atoms with E-state index in [4.69, 9.17) is 0 Å². The van der Waals surface area contributed by atoms with E-state index < -0.39 is 9.84 Å². The first-order valence-corrected chi connectivity index (χ1v) is 10.8. The molecule has 7 nitrogen and oxygen atoms in total. The molecule has 4 rings (SSSR count). The SMILES string of the molecule is CS(=O)(=O)CCc1ccc(Nc2cc(-c3ccccc3)nc3ncnn23)cc1. The van der Waals surface area contributed by atoms with Gasteiger partial charge in [-0.15, -0.1) is 0 Å². The van der Waals surface area contributed by atoms with Crippen LogP contribution < -0.4 is 5.32 Å². The average molecular weight is 393 g/mol. The molecule has 0 radical (unpaired) electrons. The minimum Gasteiger partial charge on any atom is -0.340 e. The Hall–Kier alpha value is -3.26. The van der Waals surface area contributed by atoms with Gasteiger partial charge in [-0.1, -0.05) is 42.5 Å². The Morgan fingerprint density at radius 1 is 1.04 bits per heavy atom. The van der Waals surface area contributed by atoms with Gasteiger partial charge < -0.3 is 5.32 Å². The molecule has 0 saturated heterocycles. The van der Waals surface area contributed by atoms with Crippen LogP contribution in [0.25, 0.3) is 17.0 Å². The van der Waals surface area contributed by atoms with Crippen molar-refractivity contribution in [1.29, 1.82) is 0 Å². The van der Waals surface area contributed by atoms with Crippen molar-refractivity contribution < 1.29 is 8.42 Å². The van der Waals surface area contributed by atoms with Crippen LogP contribution in [-0.4, -0.2) is 40.0 Å². The van der Waals surface area contributed by atoms with Crippen LogP contribution in [0.1, 0.15) is 5.56 Å². The van der Waals surface area contributed by atoms with Gasteiger partial charge in [-0.05, 0) is 24.1 Å². The number of nitrogens with zero attached hydrogens (tertiary/aromatic N) is 4. The normalized spacial score (nSPS) is 11.6. The predicted octanol–water partition coefficient (Wildman–Crippen LogP) is 3.12. The Morgan fingerprint density at radius 2 is 1.79 bits per heavy atom. The number of fused-ring (bicyclic) bond motifs is 1. The standard InChI is InChI=1S/C20H19N5O2S/c1-28(26,27)12-11-15-7-9-17(10-8-15)23-19-13-18(16-5-3-2-4-6-16)24-20-21-14-22-25(19)20/h2-10,13-14,23H,11-12H2,1H3. The summed E-state index contributed by atoms with van der Waals surface area (Å²) in [5.74, 6) is 1.39. The number of sulfone groups is 1. The highest BCUT2D eigenvalue weighted by Crippen LogP contribution is 2.24. The number of rotatable bonds is 6. The van der Waals surface area contributed by atoms with Crippen molar-refractivity contribution in [3.8, 4) is 11.3 Å². The van der Waals surface area contributed by atoms with Crippen LogP contribution in [0.2, 0.25) is 0 Å². The third-order valence-corrected chi connectivity index (χ3v) is 5.25. The van der Waals surface area contributed by atoms with Crippen molar-refractivity contribution in [2.45, 2.75) is 6.42 Å². The Bertz CT molecular complexity index is 1200. The summed E-state index contributed by atoms with van der Waals surface area (Å²) in [4.78, 5) is 8.77. The molecule has 0 unspecified atom stereocenters. The molecular weight excluding hydrogens is 374 g/mol. The Morgan fingerprint density at radius 3 is 2.50 bits per heavy atom. The zero-order valence-electron chi connectivity index (χ0n) is 15.3. The van der Waals surface area contributed by atoms with Gasteiger partial charge >= 0.3 is 0 Å². The Balaban J connectivity index is 1.61. The average Bonchev–Trinajstić information content (AvgIpc) is 3.16. The topological polar surface area (TPSA) is 89.2 Å². The molecule has 0 spiro atoms. The van der Waals surface area contributed by atoms with Crippen LogP contribution in [0, 0.1) is 0 Å². The minimum absolute atomic E-state index is 0.143. The number of aryl methyl sites for hydroxylation is 1. The molecular formula is C20H19N5O2S. The van der Waals surface area contributed by atoms with Crippen LogP contribution in [0.3, 0.4) is 0 Å². The van der Waals surface area contributed by atoms with Crippen LogP contribution in [0.15, 0.2) is 67.0 Å². The molecule has 2 aromatic heterocycles. The van der Waals surface area contributed by atoms with Gasteiger partial charge in [-0.2, -0.15) is 14.6 Å². The highest BCUT2D eigenvalue weighted by molar-refractivity contribution is 7.90. The second-order valence-corrected chi connectivity index (χ2v) is 8.83. The van der Waals surface area contributed by atoms with E-state index in [0.29, 0.717) is 12.2 Å². The van der Waals surface area contributed by atoms with Gasteiger partial charge in [-0.3, -0.25) is 0 Å². The van der Waals surface area contributed by atoms with E-state index in [1.807, 2.05) is 60.7 Å². The van der Waals surface area contributed by atoms with Gasteiger partial charge in [0.25, 0.3) is 5.78 Å². The molecule has 8 heteroatoms. The number of hydrogen-bond acceptors (Lipinski definition) is 6. The van der Waals surface area contributed by atoms with Gasteiger partial charge in [0.2, 0.25) is 0 Å². The molecule has 0 bridgehead atoms. The van der Waals surface area contributed by atoms with Crippen LogP contribution in [-0.2, 0) is 16.3 Å². The number of benzene rings is 2. The molecule has 2 aromatic carbocycles. The van der Waals surface area contributed by atoms with Crippen molar-refractivity contribution in [1.82, 2.24) is 19.6 Å². The number of hydrogen-bond donors (Lipinski definition) is 1. The zero-order chi connectivity index (χ0) is 19.6. The molecule has 0 aliphatic rings. The number of nitrogens with one attached hydrogen (secondary N) is 1. The van der Waals surface area contributed by atoms with Gasteiger partial charge in [-0.25, -0.2) is 13.4 Å². The fourth-order valence-corrected chi connectivity index (χ4v) is 3.47. The lowest BCUT2D eigenvalue weighted by atomic mass is 10.1. The van der Waals surface area contributed by atoms with Crippen LogP contribution >= 0.6 is 0 Å². The quantitative estimate of drug-likeness (QED) is 0.541. The van der Waals surface area contributed by atoms with Crippen molar-refractivity contribution in [2.24, 2.45) is 0 Å². The third-order valence-electron chi connectivity index (χ3n) is 4.31. The Labute approximate surface area is 163 Å². The first-order chi connectivity index (χ1) is 13.5. The maximum absolute atomic E-state index is 11.3. The van der Waals surface area contributed by atoms with Crippen LogP contribution in [0.5, 0.6) is 0 Å². The summed E-state index contributed by atoms with van der Waals surface area (Å²) in [6.07, 6.45) is 3.22. The van der Waals surface area contributed by atoms with E-state index in [1.54, 1.807) is 4.52 Å². The summed E-state index contributed by atoms with van der Waals surface area (Å²) < 4.78 is 24.3. The minimum atomic E-state index is -2.97. The molecule has 0 saturated carbocycles.